The van der Waals surface area contributed by atoms with Crippen LogP contribution in [0.25, 0.3) is 5.69 Å². The predicted octanol–water partition coefficient (Wildman–Crippen LogP) is 2.87. The van der Waals surface area contributed by atoms with Gasteiger partial charge in [0.25, 0.3) is 5.91 Å². The molecule has 0 aliphatic heterocycles. The van der Waals surface area contributed by atoms with Crippen molar-refractivity contribution in [3.05, 3.63) is 72.1 Å². The van der Waals surface area contributed by atoms with Crippen LogP contribution in [-0.2, 0) is 11.2 Å². The fourth-order valence-electron chi connectivity index (χ4n) is 2.57. The Bertz CT molecular complexity index is 920. The molecule has 2 amide bonds. The molecular formula is C19H18N4O2S. The number of thioether (sulfide) groups is 1. The highest BCUT2D eigenvalue weighted by Gasteiger charge is 2.17. The second-order valence-electron chi connectivity index (χ2n) is 5.60. The SMILES string of the molecule is CSc1ncc(C(=O)Nc2ccc(CC(N)=O)cc2)n1-c1ccccc1. The summed E-state index contributed by atoms with van der Waals surface area (Å²) >= 11 is 1.47. The molecule has 0 saturated carbocycles. The highest BCUT2D eigenvalue weighted by atomic mass is 32.2. The number of benzene rings is 2. The molecule has 0 radical (unpaired) electrons. The Morgan fingerprint density at radius 3 is 2.42 bits per heavy atom. The van der Waals surface area contributed by atoms with Crippen LogP contribution >= 0.6 is 11.8 Å². The van der Waals surface area contributed by atoms with Crippen molar-refractivity contribution in [3.63, 3.8) is 0 Å². The van der Waals surface area contributed by atoms with Crippen molar-refractivity contribution in [1.29, 1.82) is 0 Å². The van der Waals surface area contributed by atoms with E-state index in [1.807, 2.05) is 41.2 Å². The van der Waals surface area contributed by atoms with Gasteiger partial charge in [-0.1, -0.05) is 42.1 Å². The van der Waals surface area contributed by atoms with E-state index >= 15 is 0 Å². The van der Waals surface area contributed by atoms with Crippen LogP contribution in [0.2, 0.25) is 0 Å². The number of carbonyl (C=O) groups is 2. The van der Waals surface area contributed by atoms with E-state index in [1.165, 1.54) is 11.8 Å². The summed E-state index contributed by atoms with van der Waals surface area (Å²) in [5, 5.41) is 3.60. The van der Waals surface area contributed by atoms with Crippen LogP contribution in [0.5, 0.6) is 0 Å². The molecule has 6 nitrogen and oxygen atoms in total. The minimum absolute atomic E-state index is 0.173. The number of nitrogens with zero attached hydrogens (tertiary/aromatic N) is 2. The summed E-state index contributed by atoms with van der Waals surface area (Å²) in [4.78, 5) is 28.0. The monoisotopic (exact) mass is 366 g/mol. The summed E-state index contributed by atoms with van der Waals surface area (Å²) in [5.74, 6) is -0.651. The van der Waals surface area contributed by atoms with E-state index in [0.717, 1.165) is 16.4 Å². The lowest BCUT2D eigenvalue weighted by atomic mass is 10.1. The van der Waals surface area contributed by atoms with Crippen molar-refractivity contribution in [1.82, 2.24) is 9.55 Å². The first kappa shape index (κ1) is 17.8. The van der Waals surface area contributed by atoms with Crippen LogP contribution in [0.4, 0.5) is 5.69 Å². The molecule has 0 bridgehead atoms. The topological polar surface area (TPSA) is 90.0 Å². The van der Waals surface area contributed by atoms with E-state index < -0.39 is 5.91 Å². The molecule has 2 aromatic carbocycles. The Labute approximate surface area is 155 Å². The minimum Gasteiger partial charge on any atom is -0.369 e. The van der Waals surface area contributed by atoms with Crippen LogP contribution in [0, 0.1) is 0 Å². The Morgan fingerprint density at radius 2 is 1.81 bits per heavy atom. The van der Waals surface area contributed by atoms with E-state index in [4.69, 9.17) is 5.73 Å². The Kier molecular flexibility index (Phi) is 5.38. The highest BCUT2D eigenvalue weighted by Crippen LogP contribution is 2.22. The molecule has 0 fully saturated rings. The molecule has 3 aromatic rings. The van der Waals surface area contributed by atoms with Gasteiger partial charge in [-0.15, -0.1) is 0 Å². The average Bonchev–Trinajstić information content (AvgIpc) is 3.08. The number of anilines is 1. The molecule has 0 aliphatic rings. The molecule has 1 aromatic heterocycles. The number of imidazole rings is 1. The first-order valence-electron chi connectivity index (χ1n) is 7.94. The van der Waals surface area contributed by atoms with Crippen LogP contribution in [0.3, 0.4) is 0 Å². The second-order valence-corrected chi connectivity index (χ2v) is 6.37. The summed E-state index contributed by atoms with van der Waals surface area (Å²) in [6.07, 6.45) is 3.66. The zero-order valence-electron chi connectivity index (χ0n) is 14.2. The number of amides is 2. The lowest BCUT2D eigenvalue weighted by Crippen LogP contribution is -2.17. The molecule has 26 heavy (non-hydrogen) atoms. The largest absolute Gasteiger partial charge is 0.369 e. The Balaban J connectivity index is 1.84. The maximum Gasteiger partial charge on any atom is 0.274 e. The summed E-state index contributed by atoms with van der Waals surface area (Å²) < 4.78 is 1.82. The van der Waals surface area contributed by atoms with Crippen LogP contribution in [-0.4, -0.2) is 27.6 Å². The van der Waals surface area contributed by atoms with Gasteiger partial charge < -0.3 is 11.1 Å². The maximum absolute atomic E-state index is 12.7. The van der Waals surface area contributed by atoms with E-state index in [9.17, 15) is 9.59 Å². The number of rotatable bonds is 6. The number of nitrogens with one attached hydrogen (secondary N) is 1. The number of primary amides is 1. The van der Waals surface area contributed by atoms with Crippen LogP contribution in [0.1, 0.15) is 16.1 Å². The van der Waals surface area contributed by atoms with Crippen molar-refractivity contribution in [2.45, 2.75) is 11.6 Å². The molecule has 1 heterocycles. The van der Waals surface area contributed by atoms with Crippen LogP contribution in [0.15, 0.2) is 66.0 Å². The van der Waals surface area contributed by atoms with E-state index in [2.05, 4.69) is 10.3 Å². The first-order valence-corrected chi connectivity index (χ1v) is 9.16. The molecular weight excluding hydrogens is 348 g/mol. The summed E-state index contributed by atoms with van der Waals surface area (Å²) in [6.45, 7) is 0. The van der Waals surface area contributed by atoms with Crippen molar-refractivity contribution in [2.75, 3.05) is 11.6 Å². The minimum atomic E-state index is -0.391. The van der Waals surface area contributed by atoms with Crippen molar-refractivity contribution in [2.24, 2.45) is 5.73 Å². The van der Waals surface area contributed by atoms with Crippen molar-refractivity contribution >= 4 is 29.3 Å². The molecule has 0 spiro atoms. The van der Waals surface area contributed by atoms with Crippen molar-refractivity contribution < 1.29 is 9.59 Å². The van der Waals surface area contributed by atoms with Gasteiger partial charge in [-0.25, -0.2) is 4.98 Å². The zero-order valence-corrected chi connectivity index (χ0v) is 15.0. The maximum atomic E-state index is 12.7. The van der Waals surface area contributed by atoms with E-state index in [1.54, 1.807) is 30.5 Å². The molecule has 3 rings (SSSR count). The zero-order chi connectivity index (χ0) is 18.5. The molecule has 0 unspecified atom stereocenters. The fraction of sp³-hybridized carbons (Fsp3) is 0.105. The van der Waals surface area contributed by atoms with E-state index in [-0.39, 0.29) is 12.3 Å². The molecule has 132 valence electrons. The van der Waals surface area contributed by atoms with Gasteiger partial charge in [0.15, 0.2) is 5.16 Å². The molecule has 3 N–H and O–H groups in total. The van der Waals surface area contributed by atoms with Gasteiger partial charge in [-0.3, -0.25) is 14.2 Å². The number of nitrogens with two attached hydrogens (primary N) is 1. The quantitative estimate of drug-likeness (QED) is 0.657. The van der Waals surface area contributed by atoms with Crippen molar-refractivity contribution in [3.8, 4) is 5.69 Å². The third-order valence-corrected chi connectivity index (χ3v) is 4.40. The Morgan fingerprint density at radius 1 is 1.12 bits per heavy atom. The molecule has 0 atom stereocenters. The highest BCUT2D eigenvalue weighted by molar-refractivity contribution is 7.98. The number of aromatic nitrogens is 2. The van der Waals surface area contributed by atoms with Gasteiger partial charge in [0, 0.05) is 11.4 Å². The van der Waals surface area contributed by atoms with Gasteiger partial charge in [-0.2, -0.15) is 0 Å². The normalized spacial score (nSPS) is 10.5. The van der Waals surface area contributed by atoms with Gasteiger partial charge >= 0.3 is 0 Å². The van der Waals surface area contributed by atoms with Gasteiger partial charge in [-0.05, 0) is 36.1 Å². The summed E-state index contributed by atoms with van der Waals surface area (Å²) in [7, 11) is 0. The van der Waals surface area contributed by atoms with Gasteiger partial charge in [0.1, 0.15) is 5.69 Å². The summed E-state index contributed by atoms with van der Waals surface area (Å²) in [6, 6.07) is 16.6. The average molecular weight is 366 g/mol. The van der Waals surface area contributed by atoms with E-state index in [0.29, 0.717) is 11.4 Å². The molecule has 0 aliphatic carbocycles. The first-order chi connectivity index (χ1) is 12.6. The fourth-order valence-corrected chi connectivity index (χ4v) is 3.11. The standard InChI is InChI=1S/C19H18N4O2S/c1-26-19-21-12-16(23(19)15-5-3-2-4-6-15)18(25)22-14-9-7-13(8-10-14)11-17(20)24/h2-10,12H,11H2,1H3,(H2,20,24)(H,22,25). The molecule has 0 saturated heterocycles. The number of hydrogen-bond acceptors (Lipinski definition) is 4. The lowest BCUT2D eigenvalue weighted by Gasteiger charge is -2.11. The number of carbonyl (C=O) groups excluding carboxylic acids is 2. The summed E-state index contributed by atoms with van der Waals surface area (Å²) in [5.41, 5.74) is 7.94. The number of hydrogen-bond donors (Lipinski definition) is 2. The molecule has 7 heteroatoms. The van der Waals surface area contributed by atoms with Gasteiger partial charge in [0.05, 0.1) is 12.6 Å². The third-order valence-electron chi connectivity index (χ3n) is 3.75. The smallest absolute Gasteiger partial charge is 0.274 e. The predicted molar refractivity (Wildman–Crippen MR) is 103 cm³/mol. The second kappa shape index (κ2) is 7.88. The Hall–Kier alpha value is -3.06. The lowest BCUT2D eigenvalue weighted by molar-refractivity contribution is -0.117. The number of para-hydroxylation sites is 1. The van der Waals surface area contributed by atoms with Gasteiger partial charge in [0.2, 0.25) is 5.91 Å². The van der Waals surface area contributed by atoms with Crippen LogP contribution < -0.4 is 11.1 Å². The third kappa shape index (κ3) is 3.94.